The molecule has 2 heteroatoms. The fourth-order valence-electron chi connectivity index (χ4n) is 1.93. The fraction of sp³-hybridized carbons (Fsp3) is 0.600. The van der Waals surface area contributed by atoms with Crippen LogP contribution in [0.25, 0.3) is 0 Å². The summed E-state index contributed by atoms with van der Waals surface area (Å²) in [5.41, 5.74) is 0. The Morgan fingerprint density at radius 3 is 2.33 bits per heavy atom. The molecule has 2 rings (SSSR count). The molecule has 66 valence electrons. The number of rotatable bonds is 2. The van der Waals surface area contributed by atoms with Crippen molar-refractivity contribution < 1.29 is 4.74 Å². The van der Waals surface area contributed by atoms with E-state index in [2.05, 4.69) is 12.7 Å². The molecule has 0 atom stereocenters. The van der Waals surface area contributed by atoms with Crippen molar-refractivity contribution in [3.05, 3.63) is 23.6 Å². The number of hydrogen-bond donors (Lipinski definition) is 0. The van der Waals surface area contributed by atoms with Gasteiger partial charge in [0.2, 0.25) is 5.22 Å². The van der Waals surface area contributed by atoms with Gasteiger partial charge in [-0.15, -0.1) is 6.58 Å². The molecular weight excluding hydrogens is 172 g/mol. The van der Waals surface area contributed by atoms with Gasteiger partial charge >= 0.3 is 0 Å². The summed E-state index contributed by atoms with van der Waals surface area (Å²) >= 11 is 5.69. The average Bonchev–Trinajstić information content (AvgIpc) is 2.83. The lowest BCUT2D eigenvalue weighted by Crippen LogP contribution is -2.12. The van der Waals surface area contributed by atoms with E-state index in [9.17, 15) is 0 Å². The second-order valence-electron chi connectivity index (χ2n) is 3.59. The molecule has 0 spiro atoms. The predicted octanol–water partition coefficient (Wildman–Crippen LogP) is 3.42. The van der Waals surface area contributed by atoms with E-state index in [0.29, 0.717) is 11.1 Å². The molecule has 1 saturated carbocycles. The molecule has 0 N–H and O–H groups in total. The van der Waals surface area contributed by atoms with Crippen LogP contribution in [0.3, 0.4) is 0 Å². The number of allylic oxidation sites excluding steroid dienone is 2. The number of halogens is 1. The van der Waals surface area contributed by atoms with Crippen molar-refractivity contribution in [3.63, 3.8) is 0 Å². The predicted molar refractivity (Wildman–Crippen MR) is 49.6 cm³/mol. The van der Waals surface area contributed by atoms with Gasteiger partial charge in [-0.25, -0.2) is 0 Å². The van der Waals surface area contributed by atoms with Gasteiger partial charge in [0.15, 0.2) is 5.76 Å². The molecule has 1 nitrogen and oxygen atoms in total. The molecule has 1 heterocycles. The van der Waals surface area contributed by atoms with Gasteiger partial charge in [-0.3, -0.25) is 0 Å². The summed E-state index contributed by atoms with van der Waals surface area (Å²) in [5.74, 6) is 2.38. The summed E-state index contributed by atoms with van der Waals surface area (Å²) in [7, 11) is 0. The van der Waals surface area contributed by atoms with Gasteiger partial charge in [0.1, 0.15) is 0 Å². The largest absolute Gasteiger partial charge is 0.441 e. The molecular formula is C10H13ClO. The van der Waals surface area contributed by atoms with Gasteiger partial charge in [-0.2, -0.15) is 0 Å². The van der Waals surface area contributed by atoms with Crippen molar-refractivity contribution in [1.29, 1.82) is 0 Å². The minimum atomic E-state index is 0.605. The van der Waals surface area contributed by atoms with Crippen molar-refractivity contribution >= 4 is 11.6 Å². The molecule has 1 aliphatic carbocycles. The smallest absolute Gasteiger partial charge is 0.232 e. The molecule has 0 aromatic heterocycles. The lowest BCUT2D eigenvalue weighted by Gasteiger charge is -2.23. The minimum Gasteiger partial charge on any atom is -0.441 e. The maximum absolute atomic E-state index is 5.69. The summed E-state index contributed by atoms with van der Waals surface area (Å²) in [6.45, 7) is 3.82. The maximum Gasteiger partial charge on any atom is 0.232 e. The molecule has 0 saturated heterocycles. The Labute approximate surface area is 78.0 Å². The second kappa shape index (κ2) is 3.14. The topological polar surface area (TPSA) is 12.5 Å². The van der Waals surface area contributed by atoms with E-state index in [4.69, 9.17) is 16.3 Å². The first-order valence-corrected chi connectivity index (χ1v) is 4.89. The quantitative estimate of drug-likeness (QED) is 0.600. The van der Waals surface area contributed by atoms with Crippen LogP contribution in [0.5, 0.6) is 0 Å². The first kappa shape index (κ1) is 8.18. The van der Waals surface area contributed by atoms with E-state index in [1.54, 1.807) is 0 Å². The minimum absolute atomic E-state index is 0.605. The van der Waals surface area contributed by atoms with Crippen molar-refractivity contribution in [1.82, 2.24) is 0 Å². The second-order valence-corrected chi connectivity index (χ2v) is 3.93. The first-order chi connectivity index (χ1) is 5.81. The van der Waals surface area contributed by atoms with Crippen LogP contribution in [0.15, 0.2) is 23.6 Å². The van der Waals surface area contributed by atoms with Crippen LogP contribution in [0.4, 0.5) is 0 Å². The zero-order valence-corrected chi connectivity index (χ0v) is 7.81. The maximum atomic E-state index is 5.69. The zero-order valence-electron chi connectivity index (χ0n) is 7.05. The molecule has 0 bridgehead atoms. The normalized spacial score (nSPS) is 34.4. The number of ether oxygens (including phenoxy) is 1. The lowest BCUT2D eigenvalue weighted by molar-refractivity contribution is 0.304. The van der Waals surface area contributed by atoms with E-state index in [0.717, 1.165) is 11.7 Å². The highest BCUT2D eigenvalue weighted by Crippen LogP contribution is 2.43. The SMILES string of the molecule is C=CC1CCC(C2=C(Cl)O2)CC1. The van der Waals surface area contributed by atoms with Crippen LogP contribution in [0.2, 0.25) is 0 Å². The summed E-state index contributed by atoms with van der Waals surface area (Å²) in [4.78, 5) is 0. The number of hydrogen-bond acceptors (Lipinski definition) is 1. The Morgan fingerprint density at radius 1 is 1.33 bits per heavy atom. The van der Waals surface area contributed by atoms with Gasteiger partial charge in [0, 0.05) is 5.92 Å². The standard InChI is InChI=1S/C10H13ClO/c1-2-7-3-5-8(6-4-7)9-10(11)12-9/h2,7-8H,1,3-6H2. The molecule has 0 aromatic rings. The van der Waals surface area contributed by atoms with Gasteiger partial charge in [-0.1, -0.05) is 6.08 Å². The van der Waals surface area contributed by atoms with E-state index >= 15 is 0 Å². The van der Waals surface area contributed by atoms with Crippen molar-refractivity contribution in [3.8, 4) is 0 Å². The Balaban J connectivity index is 1.87. The molecule has 0 unspecified atom stereocenters. The van der Waals surface area contributed by atoms with Crippen LogP contribution in [0.1, 0.15) is 25.7 Å². The molecule has 2 aliphatic rings. The Morgan fingerprint density at radius 2 is 1.92 bits per heavy atom. The van der Waals surface area contributed by atoms with E-state index in [1.807, 2.05) is 0 Å². The summed E-state index contributed by atoms with van der Waals surface area (Å²) in [5, 5.41) is 0.650. The highest BCUT2D eigenvalue weighted by molar-refractivity contribution is 6.30. The third-order valence-electron chi connectivity index (χ3n) is 2.83. The molecule has 0 amide bonds. The zero-order chi connectivity index (χ0) is 8.55. The monoisotopic (exact) mass is 184 g/mol. The third kappa shape index (κ3) is 1.51. The molecule has 1 fully saturated rings. The van der Waals surface area contributed by atoms with E-state index in [-0.39, 0.29) is 0 Å². The highest BCUT2D eigenvalue weighted by Gasteiger charge is 2.33. The van der Waals surface area contributed by atoms with Gasteiger partial charge in [0.05, 0.1) is 0 Å². The molecule has 1 aliphatic heterocycles. The molecule has 12 heavy (non-hydrogen) atoms. The average molecular weight is 185 g/mol. The van der Waals surface area contributed by atoms with Crippen molar-refractivity contribution in [2.24, 2.45) is 11.8 Å². The summed E-state index contributed by atoms with van der Waals surface area (Å²) < 4.78 is 5.10. The Kier molecular flexibility index (Phi) is 2.14. The molecule has 0 aromatic carbocycles. The Hall–Kier alpha value is -0.430. The van der Waals surface area contributed by atoms with E-state index < -0.39 is 0 Å². The van der Waals surface area contributed by atoms with Crippen LogP contribution in [-0.2, 0) is 4.74 Å². The fourth-order valence-corrected chi connectivity index (χ4v) is 2.17. The summed E-state index contributed by atoms with van der Waals surface area (Å²) in [6, 6.07) is 0. The highest BCUT2D eigenvalue weighted by atomic mass is 35.5. The van der Waals surface area contributed by atoms with E-state index in [1.165, 1.54) is 25.7 Å². The van der Waals surface area contributed by atoms with Crippen LogP contribution >= 0.6 is 11.6 Å². The van der Waals surface area contributed by atoms with Crippen molar-refractivity contribution in [2.45, 2.75) is 25.7 Å². The van der Waals surface area contributed by atoms with Crippen LogP contribution < -0.4 is 0 Å². The van der Waals surface area contributed by atoms with Gasteiger partial charge < -0.3 is 4.74 Å². The van der Waals surface area contributed by atoms with Crippen LogP contribution in [-0.4, -0.2) is 0 Å². The van der Waals surface area contributed by atoms with Gasteiger partial charge in [0.25, 0.3) is 0 Å². The van der Waals surface area contributed by atoms with Crippen molar-refractivity contribution in [2.75, 3.05) is 0 Å². The van der Waals surface area contributed by atoms with Crippen LogP contribution in [0, 0.1) is 11.8 Å². The first-order valence-electron chi connectivity index (χ1n) is 4.51. The van der Waals surface area contributed by atoms with Gasteiger partial charge in [-0.05, 0) is 43.2 Å². The third-order valence-corrected chi connectivity index (χ3v) is 3.09. The molecule has 0 radical (unpaired) electrons. The summed E-state index contributed by atoms with van der Waals surface area (Å²) in [6.07, 6.45) is 6.97. The lowest BCUT2D eigenvalue weighted by atomic mass is 9.82. The Bertz CT molecular complexity index is 224.